The van der Waals surface area contributed by atoms with Crippen molar-refractivity contribution in [1.29, 1.82) is 0 Å². The number of aldehydes is 1. The number of rotatable bonds is 5. The van der Waals surface area contributed by atoms with E-state index >= 15 is 0 Å². The second-order valence-corrected chi connectivity index (χ2v) is 2.73. The fourth-order valence-electron chi connectivity index (χ4n) is 1.00. The summed E-state index contributed by atoms with van der Waals surface area (Å²) in [7, 11) is 1.48. The summed E-state index contributed by atoms with van der Waals surface area (Å²) in [6.45, 7) is 0.0724. The second-order valence-electron chi connectivity index (χ2n) is 2.73. The highest BCUT2D eigenvalue weighted by Gasteiger charge is 2.01. The Bertz CT molecular complexity index is 361. The fraction of sp³-hybridized carbons (Fsp3) is 0.182. The third-order valence-electron chi connectivity index (χ3n) is 1.67. The van der Waals surface area contributed by atoms with Crippen LogP contribution in [0.15, 0.2) is 24.3 Å². The van der Waals surface area contributed by atoms with Gasteiger partial charge in [-0.1, -0.05) is 0 Å². The minimum atomic E-state index is -0.443. The molecule has 0 aliphatic rings. The Kier molecular flexibility index (Phi) is 4.50. The Hall–Kier alpha value is -1.68. The maximum atomic E-state index is 13.3. The largest absolute Gasteiger partial charge is 0.467 e. The second kappa shape index (κ2) is 5.93. The van der Waals surface area contributed by atoms with Crippen molar-refractivity contribution in [1.82, 2.24) is 0 Å². The molecule has 0 saturated carbocycles. The zero-order valence-corrected chi connectivity index (χ0v) is 8.27. The van der Waals surface area contributed by atoms with Crippen molar-refractivity contribution in [2.75, 3.05) is 13.9 Å². The lowest BCUT2D eigenvalue weighted by Crippen LogP contribution is -1.99. The van der Waals surface area contributed by atoms with Crippen LogP contribution in [-0.4, -0.2) is 20.2 Å². The maximum Gasteiger partial charge on any atom is 0.188 e. The normalized spacial score (nSPS) is 10.5. The van der Waals surface area contributed by atoms with E-state index in [1.807, 2.05) is 0 Å². The molecule has 0 amide bonds. The van der Waals surface area contributed by atoms with E-state index in [0.29, 0.717) is 17.6 Å². The summed E-state index contributed by atoms with van der Waals surface area (Å²) in [6.07, 6.45) is 3.21. The van der Waals surface area contributed by atoms with Gasteiger partial charge in [-0.2, -0.15) is 0 Å². The maximum absolute atomic E-state index is 13.3. The predicted octanol–water partition coefficient (Wildman–Crippen LogP) is 2.02. The highest BCUT2D eigenvalue weighted by molar-refractivity contribution is 5.74. The smallest absolute Gasteiger partial charge is 0.188 e. The highest BCUT2D eigenvalue weighted by Crippen LogP contribution is 2.17. The van der Waals surface area contributed by atoms with Crippen LogP contribution in [0.25, 0.3) is 6.08 Å². The van der Waals surface area contributed by atoms with Gasteiger partial charge < -0.3 is 9.47 Å². The van der Waals surface area contributed by atoms with E-state index in [1.54, 1.807) is 6.07 Å². The number of carbonyl (C=O) groups excluding carboxylic acids is 1. The van der Waals surface area contributed by atoms with Crippen LogP contribution >= 0.6 is 0 Å². The van der Waals surface area contributed by atoms with Gasteiger partial charge in [0.2, 0.25) is 0 Å². The number of hydrogen-bond acceptors (Lipinski definition) is 3. The fourth-order valence-corrected chi connectivity index (χ4v) is 1.00. The number of carbonyl (C=O) groups is 1. The Morgan fingerprint density at radius 2 is 2.27 bits per heavy atom. The molecule has 0 aliphatic carbocycles. The van der Waals surface area contributed by atoms with Gasteiger partial charge in [-0.3, -0.25) is 4.79 Å². The van der Waals surface area contributed by atoms with Crippen LogP contribution in [0, 0.1) is 5.82 Å². The first-order valence-corrected chi connectivity index (χ1v) is 4.31. The van der Waals surface area contributed by atoms with Crippen LogP contribution in [0.5, 0.6) is 5.75 Å². The average molecular weight is 210 g/mol. The summed E-state index contributed by atoms with van der Waals surface area (Å²) in [6, 6.07) is 4.37. The molecule has 0 radical (unpaired) electrons. The standard InChI is InChI=1S/C11H11FO3/c1-14-8-15-10-5-4-9(3-2-6-13)11(12)7-10/h2-7H,8H2,1H3. The monoisotopic (exact) mass is 210 g/mol. The molecule has 4 heteroatoms. The number of ether oxygens (including phenoxy) is 2. The molecule has 1 aromatic rings. The number of hydrogen-bond donors (Lipinski definition) is 0. The molecule has 1 rings (SSSR count). The van der Waals surface area contributed by atoms with Gasteiger partial charge in [-0.15, -0.1) is 0 Å². The van der Waals surface area contributed by atoms with Crippen LogP contribution in [0.1, 0.15) is 5.56 Å². The first-order chi connectivity index (χ1) is 7.27. The van der Waals surface area contributed by atoms with Gasteiger partial charge in [0, 0.05) is 18.7 Å². The van der Waals surface area contributed by atoms with E-state index in [1.165, 1.54) is 31.4 Å². The Balaban J connectivity index is 2.78. The van der Waals surface area contributed by atoms with E-state index in [2.05, 4.69) is 4.74 Å². The van der Waals surface area contributed by atoms with Gasteiger partial charge >= 0.3 is 0 Å². The molecular weight excluding hydrogens is 199 g/mol. The summed E-state index contributed by atoms with van der Waals surface area (Å²) in [5.41, 5.74) is 0.340. The van der Waals surface area contributed by atoms with Crippen molar-refractivity contribution in [3.05, 3.63) is 35.7 Å². The molecule has 0 fully saturated rings. The Morgan fingerprint density at radius 3 is 2.87 bits per heavy atom. The zero-order valence-electron chi connectivity index (χ0n) is 8.27. The average Bonchev–Trinajstić information content (AvgIpc) is 2.25. The topological polar surface area (TPSA) is 35.5 Å². The highest BCUT2D eigenvalue weighted by atomic mass is 19.1. The van der Waals surface area contributed by atoms with Gasteiger partial charge in [0.25, 0.3) is 0 Å². The van der Waals surface area contributed by atoms with Crippen molar-refractivity contribution in [2.24, 2.45) is 0 Å². The van der Waals surface area contributed by atoms with E-state index in [-0.39, 0.29) is 6.79 Å². The molecule has 0 N–H and O–H groups in total. The van der Waals surface area contributed by atoms with Gasteiger partial charge in [-0.25, -0.2) is 4.39 Å². The predicted molar refractivity (Wildman–Crippen MR) is 54.0 cm³/mol. The molecule has 1 aromatic carbocycles. The third kappa shape index (κ3) is 3.52. The number of benzene rings is 1. The molecule has 0 spiro atoms. The quantitative estimate of drug-likeness (QED) is 0.423. The first kappa shape index (κ1) is 11.4. The van der Waals surface area contributed by atoms with Gasteiger partial charge in [0.05, 0.1) is 0 Å². The number of allylic oxidation sites excluding steroid dienone is 1. The first-order valence-electron chi connectivity index (χ1n) is 4.31. The van der Waals surface area contributed by atoms with E-state index < -0.39 is 5.82 Å². The van der Waals surface area contributed by atoms with Gasteiger partial charge in [0.15, 0.2) is 6.79 Å². The van der Waals surface area contributed by atoms with Crippen molar-refractivity contribution < 1.29 is 18.7 Å². The summed E-state index contributed by atoms with van der Waals surface area (Å²) in [5.74, 6) is -0.0562. The minimum absolute atomic E-state index is 0.0724. The molecule has 0 aromatic heterocycles. The minimum Gasteiger partial charge on any atom is -0.467 e. The number of halogens is 1. The molecule has 0 bridgehead atoms. The molecule has 0 unspecified atom stereocenters. The van der Waals surface area contributed by atoms with E-state index in [4.69, 9.17) is 4.74 Å². The van der Waals surface area contributed by atoms with Crippen LogP contribution in [0.2, 0.25) is 0 Å². The summed E-state index contributed by atoms with van der Waals surface area (Å²) >= 11 is 0. The molecule has 0 atom stereocenters. The third-order valence-corrected chi connectivity index (χ3v) is 1.67. The van der Waals surface area contributed by atoms with Crippen LogP contribution in [-0.2, 0) is 9.53 Å². The molecule has 0 saturated heterocycles. The molecule has 0 aliphatic heterocycles. The van der Waals surface area contributed by atoms with E-state index in [0.717, 1.165) is 0 Å². The van der Waals surface area contributed by atoms with Crippen molar-refractivity contribution in [3.63, 3.8) is 0 Å². The lowest BCUT2D eigenvalue weighted by molar-refractivity contribution is -0.104. The lowest BCUT2D eigenvalue weighted by atomic mass is 10.2. The molecule has 0 heterocycles. The van der Waals surface area contributed by atoms with Crippen LogP contribution in [0.3, 0.4) is 0 Å². The SMILES string of the molecule is COCOc1ccc(C=CC=O)c(F)c1. The Labute approximate surface area is 87.1 Å². The zero-order chi connectivity index (χ0) is 11.1. The number of methoxy groups -OCH3 is 1. The van der Waals surface area contributed by atoms with Crippen molar-refractivity contribution >= 4 is 12.4 Å². The lowest BCUT2D eigenvalue weighted by Gasteiger charge is -2.05. The van der Waals surface area contributed by atoms with Gasteiger partial charge in [-0.05, 0) is 24.3 Å². The van der Waals surface area contributed by atoms with Crippen LogP contribution in [0.4, 0.5) is 4.39 Å². The molecule has 3 nitrogen and oxygen atoms in total. The Morgan fingerprint density at radius 1 is 1.47 bits per heavy atom. The van der Waals surface area contributed by atoms with E-state index in [9.17, 15) is 9.18 Å². The molecule has 80 valence electrons. The molecular formula is C11H11FO3. The van der Waals surface area contributed by atoms with Crippen molar-refractivity contribution in [2.45, 2.75) is 0 Å². The summed E-state index contributed by atoms with van der Waals surface area (Å²) in [5, 5.41) is 0. The summed E-state index contributed by atoms with van der Waals surface area (Å²) < 4.78 is 23.0. The van der Waals surface area contributed by atoms with Gasteiger partial charge in [0.1, 0.15) is 17.9 Å². The van der Waals surface area contributed by atoms with Crippen molar-refractivity contribution in [3.8, 4) is 5.75 Å². The summed E-state index contributed by atoms with van der Waals surface area (Å²) in [4.78, 5) is 10.0. The van der Waals surface area contributed by atoms with Crippen LogP contribution < -0.4 is 4.74 Å². The molecule has 15 heavy (non-hydrogen) atoms.